The molecular formula is C17H18FN3O. The lowest BCUT2D eigenvalue weighted by Gasteiger charge is -2.31. The Hall–Kier alpha value is -2.56. The number of rotatable bonds is 3. The first-order valence-electron chi connectivity index (χ1n) is 7.26. The summed E-state index contributed by atoms with van der Waals surface area (Å²) in [7, 11) is 0. The zero-order valence-corrected chi connectivity index (χ0v) is 12.2. The summed E-state index contributed by atoms with van der Waals surface area (Å²) < 4.78 is 14.2. The third kappa shape index (κ3) is 2.74. The Morgan fingerprint density at radius 3 is 2.77 bits per heavy atom. The van der Waals surface area contributed by atoms with Gasteiger partial charge < -0.3 is 16.4 Å². The van der Waals surface area contributed by atoms with E-state index in [9.17, 15) is 9.18 Å². The number of nitrogen functional groups attached to an aromatic ring is 1. The molecule has 4 N–H and O–H groups in total. The molecule has 0 saturated heterocycles. The van der Waals surface area contributed by atoms with E-state index in [0.717, 1.165) is 30.8 Å². The first-order chi connectivity index (χ1) is 10.5. The van der Waals surface area contributed by atoms with Gasteiger partial charge in [0.05, 0.1) is 0 Å². The summed E-state index contributed by atoms with van der Waals surface area (Å²) in [6.45, 7) is 1.33. The van der Waals surface area contributed by atoms with Gasteiger partial charge in [-0.15, -0.1) is 0 Å². The van der Waals surface area contributed by atoms with E-state index >= 15 is 0 Å². The number of carbonyl (C=O) groups excluding carboxylic acids is 1. The minimum atomic E-state index is -0.621. The number of hydrogen-bond acceptors (Lipinski definition) is 3. The van der Waals surface area contributed by atoms with Crippen LogP contribution in [0.5, 0.6) is 0 Å². The van der Waals surface area contributed by atoms with E-state index in [1.165, 1.54) is 11.6 Å². The number of fused-ring (bicyclic) bond motifs is 1. The number of halogens is 1. The van der Waals surface area contributed by atoms with Crippen LogP contribution in [0, 0.1) is 5.82 Å². The fourth-order valence-corrected chi connectivity index (χ4v) is 2.89. The molecule has 2 aromatic rings. The predicted octanol–water partition coefficient (Wildman–Crippen LogP) is 2.46. The van der Waals surface area contributed by atoms with Gasteiger partial charge in [0.2, 0.25) is 5.91 Å². The van der Waals surface area contributed by atoms with Crippen LogP contribution in [-0.4, -0.2) is 12.5 Å². The first-order valence-corrected chi connectivity index (χ1v) is 7.26. The molecule has 0 saturated carbocycles. The maximum atomic E-state index is 14.2. The van der Waals surface area contributed by atoms with Gasteiger partial charge in [-0.25, -0.2) is 4.39 Å². The minimum absolute atomic E-state index is 0.188. The Morgan fingerprint density at radius 1 is 1.23 bits per heavy atom. The van der Waals surface area contributed by atoms with Crippen LogP contribution < -0.4 is 16.4 Å². The van der Waals surface area contributed by atoms with Crippen LogP contribution in [0.4, 0.5) is 15.8 Å². The van der Waals surface area contributed by atoms with Crippen LogP contribution in [0.1, 0.15) is 27.9 Å². The smallest absolute Gasteiger partial charge is 0.248 e. The molecule has 0 unspecified atom stereocenters. The third-order valence-electron chi connectivity index (χ3n) is 4.02. The van der Waals surface area contributed by atoms with Crippen molar-refractivity contribution in [1.82, 2.24) is 0 Å². The van der Waals surface area contributed by atoms with Crippen LogP contribution in [-0.2, 0) is 13.0 Å². The number of nitrogens with two attached hydrogens (primary N) is 2. The fraction of sp³-hybridized carbons (Fsp3) is 0.235. The van der Waals surface area contributed by atoms with Gasteiger partial charge >= 0.3 is 0 Å². The van der Waals surface area contributed by atoms with Crippen LogP contribution in [0.2, 0.25) is 0 Å². The van der Waals surface area contributed by atoms with Crippen LogP contribution in [0.3, 0.4) is 0 Å². The van der Waals surface area contributed by atoms with Crippen LogP contribution in [0.25, 0.3) is 0 Å². The number of primary amides is 1. The predicted molar refractivity (Wildman–Crippen MR) is 85.1 cm³/mol. The van der Waals surface area contributed by atoms with Crippen molar-refractivity contribution < 1.29 is 9.18 Å². The molecule has 1 amide bonds. The fourth-order valence-electron chi connectivity index (χ4n) is 2.89. The number of amides is 1. The lowest BCUT2D eigenvalue weighted by molar-refractivity contribution is 0.1000. The van der Waals surface area contributed by atoms with Crippen molar-refractivity contribution in [2.75, 3.05) is 17.2 Å². The van der Waals surface area contributed by atoms with Gasteiger partial charge in [-0.3, -0.25) is 4.79 Å². The van der Waals surface area contributed by atoms with Gasteiger partial charge in [-0.1, -0.05) is 6.07 Å². The maximum Gasteiger partial charge on any atom is 0.248 e. The Morgan fingerprint density at radius 2 is 2.05 bits per heavy atom. The van der Waals surface area contributed by atoms with Gasteiger partial charge in [-0.05, 0) is 48.7 Å². The molecule has 0 fully saturated rings. The summed E-state index contributed by atoms with van der Waals surface area (Å²) in [6.07, 6.45) is 2.00. The monoisotopic (exact) mass is 299 g/mol. The zero-order valence-electron chi connectivity index (χ0n) is 12.2. The second-order valence-corrected chi connectivity index (χ2v) is 5.58. The van der Waals surface area contributed by atoms with Crippen molar-refractivity contribution in [1.29, 1.82) is 0 Å². The van der Waals surface area contributed by atoms with Gasteiger partial charge in [0, 0.05) is 35.6 Å². The van der Waals surface area contributed by atoms with Crippen LogP contribution in [0.15, 0.2) is 36.4 Å². The van der Waals surface area contributed by atoms with Gasteiger partial charge in [0.25, 0.3) is 0 Å². The molecule has 2 aromatic carbocycles. The lowest BCUT2D eigenvalue weighted by atomic mass is 10.00. The summed E-state index contributed by atoms with van der Waals surface area (Å²) in [6, 6.07) is 10.2. The van der Waals surface area contributed by atoms with Crippen molar-refractivity contribution in [3.63, 3.8) is 0 Å². The molecule has 22 heavy (non-hydrogen) atoms. The molecule has 0 aliphatic carbocycles. The van der Waals surface area contributed by atoms with E-state index in [1.807, 2.05) is 18.2 Å². The molecule has 5 heteroatoms. The van der Waals surface area contributed by atoms with E-state index in [4.69, 9.17) is 11.5 Å². The second-order valence-electron chi connectivity index (χ2n) is 5.58. The Balaban J connectivity index is 1.87. The molecular weight excluding hydrogens is 281 g/mol. The average molecular weight is 299 g/mol. The van der Waals surface area contributed by atoms with Crippen molar-refractivity contribution >= 4 is 17.3 Å². The number of carbonyl (C=O) groups is 1. The van der Waals surface area contributed by atoms with Crippen molar-refractivity contribution in [3.05, 3.63) is 58.9 Å². The topological polar surface area (TPSA) is 72.4 Å². The van der Waals surface area contributed by atoms with Crippen molar-refractivity contribution in [2.24, 2.45) is 5.73 Å². The number of nitrogens with zero attached hydrogens (tertiary/aromatic N) is 1. The lowest BCUT2D eigenvalue weighted by Crippen LogP contribution is -2.29. The molecule has 0 bridgehead atoms. The highest BCUT2D eigenvalue weighted by Gasteiger charge is 2.18. The van der Waals surface area contributed by atoms with E-state index in [1.54, 1.807) is 12.1 Å². The molecule has 0 radical (unpaired) electrons. The molecule has 0 spiro atoms. The number of hydrogen-bond donors (Lipinski definition) is 2. The minimum Gasteiger partial charge on any atom is -0.399 e. The van der Waals surface area contributed by atoms with Crippen molar-refractivity contribution in [3.8, 4) is 0 Å². The zero-order chi connectivity index (χ0) is 15.7. The third-order valence-corrected chi connectivity index (χ3v) is 4.02. The maximum absolute atomic E-state index is 14.2. The highest BCUT2D eigenvalue weighted by atomic mass is 19.1. The number of aryl methyl sites for hydroxylation is 1. The van der Waals surface area contributed by atoms with Gasteiger partial charge in [0.1, 0.15) is 5.82 Å². The number of anilines is 2. The molecule has 4 nitrogen and oxygen atoms in total. The summed E-state index contributed by atoms with van der Waals surface area (Å²) in [5.41, 5.74) is 14.8. The van der Waals surface area contributed by atoms with E-state index in [-0.39, 0.29) is 5.56 Å². The van der Waals surface area contributed by atoms with E-state index in [2.05, 4.69) is 4.90 Å². The summed E-state index contributed by atoms with van der Waals surface area (Å²) in [5.74, 6) is -1.02. The van der Waals surface area contributed by atoms with Gasteiger partial charge in [-0.2, -0.15) is 0 Å². The quantitative estimate of drug-likeness (QED) is 0.855. The largest absolute Gasteiger partial charge is 0.399 e. The molecule has 1 aliphatic rings. The van der Waals surface area contributed by atoms with E-state index < -0.39 is 11.7 Å². The Labute approximate surface area is 128 Å². The molecule has 3 rings (SSSR count). The average Bonchev–Trinajstić information content (AvgIpc) is 2.49. The highest BCUT2D eigenvalue weighted by Crippen LogP contribution is 2.30. The molecule has 1 heterocycles. The molecule has 1 aliphatic heterocycles. The summed E-state index contributed by atoms with van der Waals surface area (Å²) >= 11 is 0. The van der Waals surface area contributed by atoms with Gasteiger partial charge in [0.15, 0.2) is 0 Å². The SMILES string of the molecule is NC(=O)c1ccc(CN2CCCc3cc(N)ccc32)c(F)c1. The molecule has 0 aromatic heterocycles. The molecule has 0 atom stereocenters. The Bertz CT molecular complexity index is 730. The first kappa shape index (κ1) is 14.4. The summed E-state index contributed by atoms with van der Waals surface area (Å²) in [5, 5.41) is 0. The normalized spacial score (nSPS) is 13.8. The van der Waals surface area contributed by atoms with Crippen LogP contribution >= 0.6 is 0 Å². The standard InChI is InChI=1S/C17H18FN3O/c18-15-9-12(17(20)22)3-4-13(15)10-21-7-1-2-11-8-14(19)5-6-16(11)21/h3-6,8-9H,1-2,7,10,19H2,(H2,20,22). The second kappa shape index (κ2) is 5.67. The molecule has 114 valence electrons. The number of benzene rings is 2. The Kier molecular flexibility index (Phi) is 3.71. The van der Waals surface area contributed by atoms with E-state index in [0.29, 0.717) is 12.1 Å². The van der Waals surface area contributed by atoms with Crippen molar-refractivity contribution in [2.45, 2.75) is 19.4 Å². The summed E-state index contributed by atoms with van der Waals surface area (Å²) in [4.78, 5) is 13.2. The highest BCUT2D eigenvalue weighted by molar-refractivity contribution is 5.92.